The largest absolute Gasteiger partial charge is 0.368 e. The molecule has 1 rings (SSSR count). The number of hydrogen-bond donors (Lipinski definition) is 4. The Morgan fingerprint density at radius 2 is 1.94 bits per heavy atom. The summed E-state index contributed by atoms with van der Waals surface area (Å²) >= 11 is 0. The van der Waals surface area contributed by atoms with Crippen LogP contribution in [-0.4, -0.2) is 35.0 Å². The first kappa shape index (κ1) is 12.7. The number of urea groups is 1. The van der Waals surface area contributed by atoms with Crippen LogP contribution in [0.3, 0.4) is 0 Å². The zero-order chi connectivity index (χ0) is 12.8. The maximum Gasteiger partial charge on any atom is 0.312 e. The molecule has 6 N–H and O–H groups in total. The third kappa shape index (κ3) is 4.33. The minimum absolute atomic E-state index is 0.0467. The molecular formula is C9H14N6O2. The molecule has 1 aromatic heterocycles. The third-order valence-electron chi connectivity index (χ3n) is 1.81. The summed E-state index contributed by atoms with van der Waals surface area (Å²) in [5.74, 6) is -0.334. The molecule has 0 saturated heterocycles. The van der Waals surface area contributed by atoms with Crippen LogP contribution in [0.1, 0.15) is 16.2 Å². The second kappa shape index (κ2) is 5.64. The van der Waals surface area contributed by atoms with E-state index in [0.29, 0.717) is 5.69 Å². The van der Waals surface area contributed by atoms with Crippen molar-refractivity contribution in [2.45, 2.75) is 6.92 Å². The molecule has 17 heavy (non-hydrogen) atoms. The van der Waals surface area contributed by atoms with Gasteiger partial charge in [0.1, 0.15) is 5.69 Å². The van der Waals surface area contributed by atoms with Crippen LogP contribution in [0.2, 0.25) is 0 Å². The lowest BCUT2D eigenvalue weighted by Gasteiger charge is -2.05. The van der Waals surface area contributed by atoms with E-state index in [9.17, 15) is 9.59 Å². The van der Waals surface area contributed by atoms with Crippen molar-refractivity contribution in [1.82, 2.24) is 20.6 Å². The van der Waals surface area contributed by atoms with Crippen molar-refractivity contribution in [2.75, 3.05) is 18.8 Å². The van der Waals surface area contributed by atoms with Gasteiger partial charge in [0.05, 0.1) is 0 Å². The molecule has 8 nitrogen and oxygen atoms in total. The fraction of sp³-hybridized carbons (Fsp3) is 0.333. The van der Waals surface area contributed by atoms with E-state index in [1.165, 1.54) is 6.07 Å². The molecule has 0 radical (unpaired) electrons. The highest BCUT2D eigenvalue weighted by molar-refractivity contribution is 5.92. The number of nitrogens with zero attached hydrogens (tertiary/aromatic N) is 2. The number of nitrogens with one attached hydrogen (secondary N) is 2. The highest BCUT2D eigenvalue weighted by Gasteiger charge is 2.08. The van der Waals surface area contributed by atoms with Crippen LogP contribution in [-0.2, 0) is 0 Å². The van der Waals surface area contributed by atoms with Gasteiger partial charge in [0.15, 0.2) is 0 Å². The summed E-state index contributed by atoms with van der Waals surface area (Å²) in [7, 11) is 0. The average Bonchev–Trinajstić information content (AvgIpc) is 2.22. The van der Waals surface area contributed by atoms with Crippen molar-refractivity contribution in [1.29, 1.82) is 0 Å². The number of carbonyl (C=O) groups is 2. The Morgan fingerprint density at radius 1 is 1.29 bits per heavy atom. The van der Waals surface area contributed by atoms with E-state index < -0.39 is 6.03 Å². The number of aryl methyl sites for hydroxylation is 1. The van der Waals surface area contributed by atoms with Gasteiger partial charge >= 0.3 is 6.03 Å². The van der Waals surface area contributed by atoms with Crippen LogP contribution in [0.25, 0.3) is 0 Å². The number of nitrogens with two attached hydrogens (primary N) is 2. The van der Waals surface area contributed by atoms with E-state index in [0.717, 1.165) is 0 Å². The minimum Gasteiger partial charge on any atom is -0.368 e. The van der Waals surface area contributed by atoms with Crippen molar-refractivity contribution in [3.8, 4) is 0 Å². The topological polar surface area (TPSA) is 136 Å². The fourth-order valence-corrected chi connectivity index (χ4v) is 1.16. The molecule has 0 saturated carbocycles. The summed E-state index contributed by atoms with van der Waals surface area (Å²) in [6.07, 6.45) is 0. The molecule has 3 amide bonds. The van der Waals surface area contributed by atoms with Gasteiger partial charge in [-0.3, -0.25) is 4.79 Å². The lowest BCUT2D eigenvalue weighted by Crippen LogP contribution is -2.37. The highest BCUT2D eigenvalue weighted by Crippen LogP contribution is 2.01. The number of primary amides is 1. The van der Waals surface area contributed by atoms with Crippen LogP contribution < -0.4 is 22.1 Å². The molecule has 0 aliphatic carbocycles. The summed E-state index contributed by atoms with van der Waals surface area (Å²) in [6, 6.07) is 0.883. The average molecular weight is 238 g/mol. The van der Waals surface area contributed by atoms with E-state index in [1.807, 2.05) is 0 Å². The molecule has 1 heterocycles. The van der Waals surface area contributed by atoms with Crippen LogP contribution in [0.15, 0.2) is 6.07 Å². The maximum absolute atomic E-state index is 11.6. The minimum atomic E-state index is -0.638. The molecule has 8 heteroatoms. The Morgan fingerprint density at radius 3 is 2.53 bits per heavy atom. The lowest BCUT2D eigenvalue weighted by atomic mass is 10.3. The molecule has 0 unspecified atom stereocenters. The first-order chi connectivity index (χ1) is 7.99. The number of rotatable bonds is 4. The van der Waals surface area contributed by atoms with Crippen molar-refractivity contribution in [3.63, 3.8) is 0 Å². The van der Waals surface area contributed by atoms with E-state index in [4.69, 9.17) is 11.5 Å². The van der Waals surface area contributed by atoms with Gasteiger partial charge in [-0.15, -0.1) is 0 Å². The number of aromatic nitrogens is 2. The number of carbonyl (C=O) groups excluding carboxylic acids is 2. The Hall–Kier alpha value is -2.38. The van der Waals surface area contributed by atoms with Crippen molar-refractivity contribution < 1.29 is 9.59 Å². The van der Waals surface area contributed by atoms with Crippen LogP contribution in [0.5, 0.6) is 0 Å². The monoisotopic (exact) mass is 238 g/mol. The van der Waals surface area contributed by atoms with Gasteiger partial charge in [0.2, 0.25) is 5.95 Å². The molecule has 0 aliphatic heterocycles. The van der Waals surface area contributed by atoms with Gasteiger partial charge in [0, 0.05) is 18.8 Å². The molecular weight excluding hydrogens is 224 g/mol. The lowest BCUT2D eigenvalue weighted by molar-refractivity contribution is 0.0948. The van der Waals surface area contributed by atoms with Crippen molar-refractivity contribution in [2.24, 2.45) is 5.73 Å². The van der Waals surface area contributed by atoms with E-state index in [2.05, 4.69) is 20.6 Å². The molecule has 0 aromatic carbocycles. The quantitative estimate of drug-likeness (QED) is 0.487. The van der Waals surface area contributed by atoms with E-state index in [-0.39, 0.29) is 30.6 Å². The molecule has 0 fully saturated rings. The maximum atomic E-state index is 11.6. The smallest absolute Gasteiger partial charge is 0.312 e. The van der Waals surface area contributed by atoms with Gasteiger partial charge < -0.3 is 22.1 Å². The summed E-state index contributed by atoms with van der Waals surface area (Å²) in [5.41, 5.74) is 11.1. The second-order valence-corrected chi connectivity index (χ2v) is 3.30. The van der Waals surface area contributed by atoms with Gasteiger partial charge in [-0.05, 0) is 13.0 Å². The van der Waals surface area contributed by atoms with Gasteiger partial charge in [-0.25, -0.2) is 14.8 Å². The predicted molar refractivity (Wildman–Crippen MR) is 61.1 cm³/mol. The predicted octanol–water partition coefficient (Wildman–Crippen LogP) is -1.23. The molecule has 0 aliphatic rings. The second-order valence-electron chi connectivity index (χ2n) is 3.30. The number of amides is 3. The molecule has 0 spiro atoms. The molecule has 1 aromatic rings. The number of nitrogen functional groups attached to an aromatic ring is 1. The SMILES string of the molecule is Cc1cc(C(=O)NCCNC(N)=O)nc(N)n1. The fourth-order valence-electron chi connectivity index (χ4n) is 1.16. The number of hydrogen-bond acceptors (Lipinski definition) is 5. The molecule has 0 atom stereocenters. The van der Waals surface area contributed by atoms with Crippen molar-refractivity contribution in [3.05, 3.63) is 17.5 Å². The van der Waals surface area contributed by atoms with Gasteiger partial charge in [-0.1, -0.05) is 0 Å². The summed E-state index contributed by atoms with van der Waals surface area (Å²) in [4.78, 5) is 29.6. The molecule has 92 valence electrons. The van der Waals surface area contributed by atoms with Gasteiger partial charge in [-0.2, -0.15) is 0 Å². The highest BCUT2D eigenvalue weighted by atomic mass is 16.2. The normalized spacial score (nSPS) is 9.71. The summed E-state index contributed by atoms with van der Waals surface area (Å²) in [6.45, 7) is 2.22. The van der Waals surface area contributed by atoms with E-state index >= 15 is 0 Å². The van der Waals surface area contributed by atoms with Crippen LogP contribution in [0, 0.1) is 6.92 Å². The Labute approximate surface area is 97.8 Å². The molecule has 0 bridgehead atoms. The Bertz CT molecular complexity index is 413. The Balaban J connectivity index is 2.49. The van der Waals surface area contributed by atoms with Crippen LogP contribution in [0.4, 0.5) is 10.7 Å². The van der Waals surface area contributed by atoms with Gasteiger partial charge in [0.25, 0.3) is 5.91 Å². The summed E-state index contributed by atoms with van der Waals surface area (Å²) < 4.78 is 0. The standard InChI is InChI=1S/C9H14N6O2/c1-5-4-6(15-8(10)14-5)7(16)12-2-3-13-9(11)17/h4H,2-3H2,1H3,(H,12,16)(H2,10,14,15)(H3,11,13,17). The van der Waals surface area contributed by atoms with Crippen molar-refractivity contribution >= 4 is 17.9 Å². The zero-order valence-electron chi connectivity index (χ0n) is 9.36. The Kier molecular flexibility index (Phi) is 4.21. The third-order valence-corrected chi connectivity index (χ3v) is 1.81. The van der Waals surface area contributed by atoms with Crippen LogP contribution >= 0.6 is 0 Å². The number of anilines is 1. The zero-order valence-corrected chi connectivity index (χ0v) is 9.36. The van der Waals surface area contributed by atoms with E-state index in [1.54, 1.807) is 6.92 Å². The first-order valence-electron chi connectivity index (χ1n) is 4.91. The summed E-state index contributed by atoms with van der Waals surface area (Å²) in [5, 5.41) is 4.90. The first-order valence-corrected chi connectivity index (χ1v) is 4.91.